The largest absolute Gasteiger partial charge is 0.342 e. The molecule has 1 aromatic carbocycles. The summed E-state index contributed by atoms with van der Waals surface area (Å²) >= 11 is 0. The van der Waals surface area contributed by atoms with E-state index in [4.69, 9.17) is 0 Å². The van der Waals surface area contributed by atoms with Crippen molar-refractivity contribution in [3.63, 3.8) is 0 Å². The summed E-state index contributed by atoms with van der Waals surface area (Å²) in [6.45, 7) is 5.17. The van der Waals surface area contributed by atoms with Crippen LogP contribution in [-0.4, -0.2) is 41.0 Å². The SMILES string of the molecule is CC(C)C(=O)N1CCC(C(=O)N2N=CCC2c2ccccc2)CC1. The molecule has 3 rings (SSSR count). The first-order valence-corrected chi connectivity index (χ1v) is 8.77. The number of hydrogen-bond donors (Lipinski definition) is 0. The Balaban J connectivity index is 1.63. The first-order valence-electron chi connectivity index (χ1n) is 8.77. The minimum absolute atomic E-state index is 0.00836. The number of hydrazone groups is 1. The molecule has 2 aliphatic heterocycles. The Labute approximate surface area is 143 Å². The molecular weight excluding hydrogens is 302 g/mol. The van der Waals surface area contributed by atoms with Gasteiger partial charge < -0.3 is 4.90 Å². The molecule has 2 aliphatic rings. The fourth-order valence-electron chi connectivity index (χ4n) is 3.48. The van der Waals surface area contributed by atoms with E-state index in [-0.39, 0.29) is 29.7 Å². The third-order valence-electron chi connectivity index (χ3n) is 4.89. The molecule has 0 radical (unpaired) electrons. The summed E-state index contributed by atoms with van der Waals surface area (Å²) in [6.07, 6.45) is 4.04. The van der Waals surface area contributed by atoms with E-state index in [1.807, 2.05) is 55.3 Å². The number of hydrogen-bond acceptors (Lipinski definition) is 3. The van der Waals surface area contributed by atoms with Crippen LogP contribution in [0.25, 0.3) is 0 Å². The second kappa shape index (κ2) is 7.16. The fourth-order valence-corrected chi connectivity index (χ4v) is 3.48. The van der Waals surface area contributed by atoms with Crippen LogP contribution >= 0.6 is 0 Å². The molecule has 2 heterocycles. The van der Waals surface area contributed by atoms with E-state index < -0.39 is 0 Å². The van der Waals surface area contributed by atoms with E-state index in [0.717, 1.165) is 24.8 Å². The van der Waals surface area contributed by atoms with Crippen molar-refractivity contribution in [3.8, 4) is 0 Å². The number of benzene rings is 1. The van der Waals surface area contributed by atoms with Gasteiger partial charge >= 0.3 is 0 Å². The van der Waals surface area contributed by atoms with Crippen molar-refractivity contribution < 1.29 is 9.59 Å². The number of likely N-dealkylation sites (tertiary alicyclic amines) is 1. The van der Waals surface area contributed by atoms with E-state index in [1.165, 1.54) is 0 Å². The molecule has 1 aromatic rings. The van der Waals surface area contributed by atoms with Gasteiger partial charge in [0.2, 0.25) is 11.8 Å². The number of piperidine rings is 1. The van der Waals surface area contributed by atoms with Crippen LogP contribution in [0.4, 0.5) is 0 Å². The van der Waals surface area contributed by atoms with Gasteiger partial charge in [0.05, 0.1) is 6.04 Å². The summed E-state index contributed by atoms with van der Waals surface area (Å²) < 4.78 is 0. The van der Waals surface area contributed by atoms with Crippen LogP contribution in [0, 0.1) is 11.8 Å². The van der Waals surface area contributed by atoms with Crippen molar-refractivity contribution in [3.05, 3.63) is 35.9 Å². The second-order valence-electron chi connectivity index (χ2n) is 6.90. The highest BCUT2D eigenvalue weighted by molar-refractivity contribution is 5.83. The van der Waals surface area contributed by atoms with Crippen LogP contribution in [0.3, 0.4) is 0 Å². The lowest BCUT2D eigenvalue weighted by molar-refractivity contribution is -0.143. The molecule has 1 unspecified atom stereocenters. The molecule has 5 nitrogen and oxygen atoms in total. The number of carbonyl (C=O) groups excluding carboxylic acids is 2. The van der Waals surface area contributed by atoms with Gasteiger partial charge in [0, 0.05) is 37.6 Å². The second-order valence-corrected chi connectivity index (χ2v) is 6.90. The number of nitrogens with zero attached hydrogens (tertiary/aromatic N) is 3. The van der Waals surface area contributed by atoms with E-state index in [2.05, 4.69) is 5.10 Å². The summed E-state index contributed by atoms with van der Waals surface area (Å²) in [6, 6.07) is 10.1. The zero-order valence-electron chi connectivity index (χ0n) is 14.4. The smallest absolute Gasteiger partial charge is 0.246 e. The molecule has 1 saturated heterocycles. The van der Waals surface area contributed by atoms with E-state index in [9.17, 15) is 9.59 Å². The molecule has 0 saturated carbocycles. The van der Waals surface area contributed by atoms with Crippen LogP contribution in [0.15, 0.2) is 35.4 Å². The molecule has 0 aliphatic carbocycles. The Hall–Kier alpha value is -2.17. The molecule has 0 N–H and O–H groups in total. The highest BCUT2D eigenvalue weighted by atomic mass is 16.2. The summed E-state index contributed by atoms with van der Waals surface area (Å²) in [4.78, 5) is 26.9. The van der Waals surface area contributed by atoms with Gasteiger partial charge in [-0.25, -0.2) is 5.01 Å². The van der Waals surface area contributed by atoms with Crippen LogP contribution in [-0.2, 0) is 9.59 Å². The predicted octanol–water partition coefficient (Wildman–Crippen LogP) is 2.84. The van der Waals surface area contributed by atoms with Crippen LogP contribution in [0.1, 0.15) is 44.7 Å². The molecule has 24 heavy (non-hydrogen) atoms. The molecule has 5 heteroatoms. The highest BCUT2D eigenvalue weighted by Crippen LogP contribution is 2.31. The van der Waals surface area contributed by atoms with Gasteiger partial charge in [-0.3, -0.25) is 9.59 Å². The van der Waals surface area contributed by atoms with Crippen LogP contribution < -0.4 is 0 Å². The number of carbonyl (C=O) groups is 2. The van der Waals surface area contributed by atoms with Crippen molar-refractivity contribution in [2.45, 2.75) is 39.2 Å². The molecule has 0 spiro atoms. The van der Waals surface area contributed by atoms with Crippen molar-refractivity contribution >= 4 is 18.0 Å². The molecule has 1 fully saturated rings. The first kappa shape index (κ1) is 16.7. The lowest BCUT2D eigenvalue weighted by Crippen LogP contribution is -2.44. The molecule has 128 valence electrons. The maximum Gasteiger partial charge on any atom is 0.246 e. The predicted molar refractivity (Wildman–Crippen MR) is 93.3 cm³/mol. The van der Waals surface area contributed by atoms with Gasteiger partial charge in [-0.2, -0.15) is 5.10 Å². The summed E-state index contributed by atoms with van der Waals surface area (Å²) in [7, 11) is 0. The molecule has 0 aromatic heterocycles. The van der Waals surface area contributed by atoms with Gasteiger partial charge in [-0.1, -0.05) is 44.2 Å². The van der Waals surface area contributed by atoms with E-state index in [0.29, 0.717) is 13.1 Å². The van der Waals surface area contributed by atoms with E-state index in [1.54, 1.807) is 5.01 Å². The van der Waals surface area contributed by atoms with Crippen LogP contribution in [0.2, 0.25) is 0 Å². The van der Waals surface area contributed by atoms with Gasteiger partial charge in [0.15, 0.2) is 0 Å². The first-order chi connectivity index (χ1) is 11.6. The maximum absolute atomic E-state index is 12.9. The van der Waals surface area contributed by atoms with Crippen LogP contribution in [0.5, 0.6) is 0 Å². The van der Waals surface area contributed by atoms with Crippen molar-refractivity contribution in [1.29, 1.82) is 0 Å². The third kappa shape index (κ3) is 3.35. The van der Waals surface area contributed by atoms with Crippen molar-refractivity contribution in [1.82, 2.24) is 9.91 Å². The van der Waals surface area contributed by atoms with Gasteiger partial charge in [0.1, 0.15) is 0 Å². The Morgan fingerprint density at radius 1 is 1.12 bits per heavy atom. The number of rotatable bonds is 3. The quantitative estimate of drug-likeness (QED) is 0.857. The standard InChI is InChI=1S/C19H25N3O2/c1-14(2)18(23)21-12-9-16(10-13-21)19(24)22-17(8-11-20-22)15-6-4-3-5-7-15/h3-7,11,14,16-17H,8-10,12-13H2,1-2H3. The average Bonchev–Trinajstić information content (AvgIpc) is 3.11. The Morgan fingerprint density at radius 2 is 1.79 bits per heavy atom. The monoisotopic (exact) mass is 327 g/mol. The molecular formula is C19H25N3O2. The Morgan fingerprint density at radius 3 is 2.42 bits per heavy atom. The lowest BCUT2D eigenvalue weighted by Gasteiger charge is -2.34. The lowest BCUT2D eigenvalue weighted by atomic mass is 9.94. The third-order valence-corrected chi connectivity index (χ3v) is 4.89. The van der Waals surface area contributed by atoms with Crippen molar-refractivity contribution in [2.24, 2.45) is 16.9 Å². The maximum atomic E-state index is 12.9. The fraction of sp³-hybridized carbons (Fsp3) is 0.526. The minimum Gasteiger partial charge on any atom is -0.342 e. The summed E-state index contributed by atoms with van der Waals surface area (Å²) in [5.74, 6) is 0.252. The Kier molecular flexibility index (Phi) is 4.97. The van der Waals surface area contributed by atoms with Gasteiger partial charge in [0.25, 0.3) is 0 Å². The topological polar surface area (TPSA) is 53.0 Å². The average molecular weight is 327 g/mol. The summed E-state index contributed by atoms with van der Waals surface area (Å²) in [5, 5.41) is 5.98. The zero-order chi connectivity index (χ0) is 17.1. The molecule has 1 atom stereocenters. The number of amides is 2. The molecule has 2 amide bonds. The van der Waals surface area contributed by atoms with Gasteiger partial charge in [-0.15, -0.1) is 0 Å². The van der Waals surface area contributed by atoms with E-state index >= 15 is 0 Å². The highest BCUT2D eigenvalue weighted by Gasteiger charge is 2.35. The molecule has 0 bridgehead atoms. The van der Waals surface area contributed by atoms with Gasteiger partial charge in [-0.05, 0) is 18.4 Å². The normalized spacial score (nSPS) is 21.5. The summed E-state index contributed by atoms with van der Waals surface area (Å²) in [5.41, 5.74) is 1.12. The zero-order valence-corrected chi connectivity index (χ0v) is 14.4. The Bertz CT molecular complexity index is 619. The van der Waals surface area contributed by atoms with Crippen molar-refractivity contribution in [2.75, 3.05) is 13.1 Å². The minimum atomic E-state index is -0.0392.